The van der Waals surface area contributed by atoms with E-state index in [1.54, 1.807) is 12.1 Å². The van der Waals surface area contributed by atoms with Crippen LogP contribution in [-0.2, 0) is 5.66 Å². The first-order chi connectivity index (χ1) is 17.8. The molecule has 37 heavy (non-hydrogen) atoms. The molecule has 0 spiro atoms. The lowest BCUT2D eigenvalue weighted by atomic mass is 9.72. The van der Waals surface area contributed by atoms with E-state index in [-0.39, 0.29) is 29.9 Å². The molecule has 0 bridgehead atoms. The number of hydrogen-bond acceptors (Lipinski definition) is 5. The molecular formula is C27H25BrClF2N3O3. The molecule has 3 aromatic rings. The molecule has 5 rings (SSSR count). The third-order valence-electron chi connectivity index (χ3n) is 7.25. The van der Waals surface area contributed by atoms with Gasteiger partial charge in [0.15, 0.2) is 11.6 Å². The second kappa shape index (κ2) is 10.5. The predicted octanol–water partition coefficient (Wildman–Crippen LogP) is 7.44. The van der Waals surface area contributed by atoms with E-state index in [0.717, 1.165) is 49.8 Å². The highest BCUT2D eigenvalue weighted by Gasteiger charge is 2.49. The predicted molar refractivity (Wildman–Crippen MR) is 141 cm³/mol. The molecule has 0 amide bonds. The number of aromatic nitrogens is 1. The number of rotatable bonds is 7. The van der Waals surface area contributed by atoms with Crippen molar-refractivity contribution >= 4 is 44.9 Å². The maximum absolute atomic E-state index is 14.2. The summed E-state index contributed by atoms with van der Waals surface area (Å²) < 4.78 is 35.0. The van der Waals surface area contributed by atoms with Crippen molar-refractivity contribution in [2.75, 3.05) is 17.2 Å². The van der Waals surface area contributed by atoms with Crippen LogP contribution >= 0.6 is 27.5 Å². The van der Waals surface area contributed by atoms with Gasteiger partial charge >= 0.3 is 5.97 Å². The normalized spacial score (nSPS) is 17.4. The molecule has 1 atom stereocenters. The number of nitrogens with one attached hydrogen (secondary N) is 2. The second-order valence-electron chi connectivity index (χ2n) is 9.51. The highest BCUT2D eigenvalue weighted by molar-refractivity contribution is 9.10. The van der Waals surface area contributed by atoms with E-state index in [0.29, 0.717) is 20.9 Å². The Morgan fingerprint density at radius 3 is 2.30 bits per heavy atom. The Kier molecular flexibility index (Phi) is 7.27. The number of benzene rings is 2. The van der Waals surface area contributed by atoms with Crippen LogP contribution in [0, 0.1) is 23.5 Å². The molecule has 6 nitrogen and oxygen atoms in total. The van der Waals surface area contributed by atoms with E-state index < -0.39 is 23.3 Å². The molecule has 10 heteroatoms. The van der Waals surface area contributed by atoms with E-state index in [1.165, 1.54) is 12.3 Å². The summed E-state index contributed by atoms with van der Waals surface area (Å²) in [5.41, 5.74) is 0.864. The fourth-order valence-electron chi connectivity index (χ4n) is 5.43. The smallest absolute Gasteiger partial charge is 0.337 e. The molecular weight excluding hydrogens is 568 g/mol. The maximum Gasteiger partial charge on any atom is 0.337 e. The van der Waals surface area contributed by atoms with Gasteiger partial charge in [0.25, 0.3) is 0 Å². The third kappa shape index (κ3) is 5.11. The van der Waals surface area contributed by atoms with Crippen molar-refractivity contribution < 1.29 is 23.4 Å². The molecule has 0 saturated heterocycles. The largest absolute Gasteiger partial charge is 0.478 e. The van der Waals surface area contributed by atoms with Gasteiger partial charge in [0.1, 0.15) is 5.66 Å². The average molecular weight is 593 g/mol. The van der Waals surface area contributed by atoms with Gasteiger partial charge in [0.2, 0.25) is 5.88 Å². The molecule has 1 fully saturated rings. The second-order valence-corrected chi connectivity index (χ2v) is 10.8. The van der Waals surface area contributed by atoms with Crippen LogP contribution in [0.4, 0.5) is 20.2 Å². The number of aromatic carboxylic acids is 1. The van der Waals surface area contributed by atoms with Gasteiger partial charge in [-0.1, -0.05) is 43.0 Å². The Balaban J connectivity index is 1.55. The molecule has 194 valence electrons. The summed E-state index contributed by atoms with van der Waals surface area (Å²) in [6, 6.07) is 11.1. The van der Waals surface area contributed by atoms with Crippen LogP contribution < -0.4 is 15.4 Å². The Morgan fingerprint density at radius 1 is 1.11 bits per heavy atom. The minimum Gasteiger partial charge on any atom is -0.478 e. The van der Waals surface area contributed by atoms with Gasteiger partial charge in [-0.2, -0.15) is 0 Å². The summed E-state index contributed by atoms with van der Waals surface area (Å²) in [7, 11) is 0. The van der Waals surface area contributed by atoms with Crippen LogP contribution in [0.15, 0.2) is 53.1 Å². The highest BCUT2D eigenvalue weighted by atomic mass is 79.9. The molecule has 0 radical (unpaired) electrons. The molecule has 1 unspecified atom stereocenters. The number of carboxylic acids is 1. The molecule has 1 aromatic heterocycles. The van der Waals surface area contributed by atoms with Gasteiger partial charge in [-0.15, -0.1) is 0 Å². The number of nitrogens with zero attached hydrogens (tertiary/aromatic N) is 1. The van der Waals surface area contributed by atoms with Crippen molar-refractivity contribution in [1.29, 1.82) is 0 Å². The minimum atomic E-state index is -1.09. The van der Waals surface area contributed by atoms with Crippen molar-refractivity contribution in [3.8, 4) is 5.88 Å². The zero-order valence-corrected chi connectivity index (χ0v) is 22.1. The number of carboxylic acid groups (broad SMARTS) is 1. The van der Waals surface area contributed by atoms with Crippen molar-refractivity contribution in [2.45, 2.75) is 37.8 Å². The monoisotopic (exact) mass is 591 g/mol. The molecule has 1 aliphatic heterocycles. The maximum atomic E-state index is 14.2. The third-order valence-corrected chi connectivity index (χ3v) is 8.07. The first-order valence-corrected chi connectivity index (χ1v) is 13.3. The minimum absolute atomic E-state index is 0.0410. The fourth-order valence-corrected chi connectivity index (χ4v) is 6.02. The number of hydrogen-bond donors (Lipinski definition) is 3. The van der Waals surface area contributed by atoms with Crippen LogP contribution in [0.1, 0.15) is 48.0 Å². The van der Waals surface area contributed by atoms with E-state index in [4.69, 9.17) is 16.3 Å². The number of anilines is 2. The van der Waals surface area contributed by atoms with Crippen LogP contribution in [0.25, 0.3) is 0 Å². The first kappa shape index (κ1) is 25.7. The molecule has 2 aromatic carbocycles. The standard InChI is InChI=1S/C27H25BrClF2N3O3/c28-20-10-16(26(35)36)13-32-25(20)37-14-19(15-4-2-1-3-5-15)27(17-6-8-18(29)9-7-17)33-23-11-21(30)22(31)12-24(23)34-27/h6-13,15,19,33-34H,1-5,14H2,(H,35,36). The Bertz CT molecular complexity index is 1290. The fraction of sp³-hybridized carbons (Fsp3) is 0.333. The number of fused-ring (bicyclic) bond motifs is 1. The average Bonchev–Trinajstić information content (AvgIpc) is 3.25. The first-order valence-electron chi connectivity index (χ1n) is 12.1. The van der Waals surface area contributed by atoms with E-state index in [2.05, 4.69) is 31.5 Å². The summed E-state index contributed by atoms with van der Waals surface area (Å²) in [6.45, 7) is 0.213. The Hall–Kier alpha value is -2.91. The zero-order valence-electron chi connectivity index (χ0n) is 19.7. The number of pyridine rings is 1. The molecule has 3 N–H and O–H groups in total. The van der Waals surface area contributed by atoms with Gasteiger partial charge in [-0.3, -0.25) is 0 Å². The van der Waals surface area contributed by atoms with E-state index >= 15 is 0 Å². The Morgan fingerprint density at radius 2 is 1.73 bits per heavy atom. The highest BCUT2D eigenvalue weighted by Crippen LogP contribution is 2.49. The summed E-state index contributed by atoms with van der Waals surface area (Å²) in [6.07, 6.45) is 6.49. The Labute approximate surface area is 226 Å². The van der Waals surface area contributed by atoms with E-state index in [9.17, 15) is 18.7 Å². The van der Waals surface area contributed by atoms with Crippen molar-refractivity contribution in [3.05, 3.63) is 80.9 Å². The van der Waals surface area contributed by atoms with Crippen molar-refractivity contribution in [3.63, 3.8) is 0 Å². The number of ether oxygens (including phenoxy) is 1. The van der Waals surface area contributed by atoms with Crippen LogP contribution in [0.5, 0.6) is 5.88 Å². The van der Waals surface area contributed by atoms with Crippen molar-refractivity contribution in [1.82, 2.24) is 4.98 Å². The lowest BCUT2D eigenvalue weighted by molar-refractivity contribution is 0.0696. The summed E-state index contributed by atoms with van der Waals surface area (Å²) in [5.74, 6) is -2.65. The molecule has 2 aliphatic rings. The lowest BCUT2D eigenvalue weighted by Gasteiger charge is -2.44. The molecule has 1 aliphatic carbocycles. The van der Waals surface area contributed by atoms with Gasteiger partial charge in [-0.25, -0.2) is 18.6 Å². The molecule has 2 heterocycles. The van der Waals surface area contributed by atoms with Crippen LogP contribution in [-0.4, -0.2) is 22.7 Å². The quantitative estimate of drug-likeness (QED) is 0.265. The van der Waals surface area contributed by atoms with E-state index in [1.807, 2.05) is 12.1 Å². The number of carbonyl (C=O) groups is 1. The van der Waals surface area contributed by atoms with Gasteiger partial charge < -0.3 is 20.5 Å². The summed E-state index contributed by atoms with van der Waals surface area (Å²) in [4.78, 5) is 15.5. The van der Waals surface area contributed by atoms with Gasteiger partial charge in [0, 0.05) is 29.3 Å². The lowest BCUT2D eigenvalue weighted by Crippen LogP contribution is -2.51. The summed E-state index contributed by atoms with van der Waals surface area (Å²) in [5, 5.41) is 16.8. The van der Waals surface area contributed by atoms with Gasteiger partial charge in [-0.05, 0) is 58.5 Å². The summed E-state index contributed by atoms with van der Waals surface area (Å²) >= 11 is 9.57. The number of halogens is 4. The van der Waals surface area contributed by atoms with Crippen LogP contribution in [0.2, 0.25) is 5.02 Å². The van der Waals surface area contributed by atoms with Crippen molar-refractivity contribution in [2.24, 2.45) is 11.8 Å². The van der Waals surface area contributed by atoms with Crippen LogP contribution in [0.3, 0.4) is 0 Å². The topological polar surface area (TPSA) is 83.5 Å². The SMILES string of the molecule is O=C(O)c1cnc(OCC(C2CCCCC2)C2(c3ccc(Cl)cc3)Nc3cc(F)c(F)cc3N2)c(Br)c1. The zero-order chi connectivity index (χ0) is 26.2. The molecule has 1 saturated carbocycles. The van der Waals surface area contributed by atoms with Gasteiger partial charge in [0.05, 0.1) is 28.0 Å².